The van der Waals surface area contributed by atoms with Crippen LogP contribution >= 0.6 is 0 Å². The molecule has 0 aliphatic carbocycles. The number of aliphatic hydroxyl groups excluding tert-OH is 2. The molecule has 18 heavy (non-hydrogen) atoms. The van der Waals surface area contributed by atoms with E-state index in [-0.39, 0.29) is 31.2 Å². The number of epoxide rings is 1. The normalized spacial score (nSPS) is 21.9. The average molecular weight is 252 g/mol. The first-order valence-corrected chi connectivity index (χ1v) is 5.69. The largest absolute Gasteiger partial charge is 0.469 e. The summed E-state index contributed by atoms with van der Waals surface area (Å²) in [4.78, 5) is 10.8. The molecule has 3 unspecified atom stereocenters. The highest BCUT2D eigenvalue weighted by atomic mass is 16.6. The van der Waals surface area contributed by atoms with E-state index in [2.05, 4.69) is 28.4 Å². The van der Waals surface area contributed by atoms with Crippen LogP contribution in [0.3, 0.4) is 0 Å². The van der Waals surface area contributed by atoms with Crippen LogP contribution in [0, 0.1) is 23.7 Å². The summed E-state index contributed by atoms with van der Waals surface area (Å²) in [6.07, 6.45) is -0.0190. The van der Waals surface area contributed by atoms with Gasteiger partial charge in [0.25, 0.3) is 0 Å². The summed E-state index contributed by atoms with van der Waals surface area (Å²) in [5.74, 6) is 10.0. The standard InChI is InChI=1S/C13H16O5/c1-17-13(16)8-4-6-10(15)5-2-3-7-11-12(9-14)18-11/h10-12,14-15H,4,6,8-9H2,1H3. The van der Waals surface area contributed by atoms with Crippen molar-refractivity contribution in [3.05, 3.63) is 0 Å². The van der Waals surface area contributed by atoms with Crippen molar-refractivity contribution in [3.63, 3.8) is 0 Å². The Hall–Kier alpha value is -1.53. The minimum Gasteiger partial charge on any atom is -0.469 e. The molecular weight excluding hydrogens is 236 g/mol. The van der Waals surface area contributed by atoms with Gasteiger partial charge in [-0.05, 0) is 24.7 Å². The molecule has 0 radical (unpaired) electrons. The summed E-state index contributed by atoms with van der Waals surface area (Å²) in [6.45, 7) is -0.0388. The number of hydrogen-bond acceptors (Lipinski definition) is 5. The summed E-state index contributed by atoms with van der Waals surface area (Å²) in [7, 11) is 1.33. The summed E-state index contributed by atoms with van der Waals surface area (Å²) in [5.41, 5.74) is 0. The van der Waals surface area contributed by atoms with E-state index in [0.717, 1.165) is 0 Å². The Morgan fingerprint density at radius 1 is 1.50 bits per heavy atom. The molecule has 1 aliphatic rings. The third-order valence-electron chi connectivity index (χ3n) is 2.36. The van der Waals surface area contributed by atoms with Crippen LogP contribution < -0.4 is 0 Å². The van der Waals surface area contributed by atoms with Gasteiger partial charge in [0, 0.05) is 6.42 Å². The molecule has 0 bridgehead atoms. The van der Waals surface area contributed by atoms with E-state index in [4.69, 9.17) is 9.84 Å². The zero-order valence-corrected chi connectivity index (χ0v) is 10.2. The molecule has 3 atom stereocenters. The fourth-order valence-electron chi connectivity index (χ4n) is 1.25. The number of carbonyl (C=O) groups is 1. The SMILES string of the molecule is COC(=O)CCCC(O)C#CC#CC1OC1CO. The smallest absolute Gasteiger partial charge is 0.305 e. The summed E-state index contributed by atoms with van der Waals surface area (Å²) in [6, 6.07) is 0. The number of esters is 1. The first kappa shape index (κ1) is 14.5. The average Bonchev–Trinajstić information content (AvgIpc) is 3.13. The predicted molar refractivity (Wildman–Crippen MR) is 63.2 cm³/mol. The van der Waals surface area contributed by atoms with Crippen molar-refractivity contribution >= 4 is 5.97 Å². The van der Waals surface area contributed by atoms with Gasteiger partial charge < -0.3 is 19.7 Å². The molecular formula is C13H16O5. The molecule has 0 aromatic rings. The fourth-order valence-corrected chi connectivity index (χ4v) is 1.25. The lowest BCUT2D eigenvalue weighted by Gasteiger charge is -2.01. The molecule has 1 saturated heterocycles. The molecule has 0 aromatic carbocycles. The van der Waals surface area contributed by atoms with Crippen molar-refractivity contribution in [1.82, 2.24) is 0 Å². The van der Waals surface area contributed by atoms with Gasteiger partial charge in [-0.2, -0.15) is 0 Å². The van der Waals surface area contributed by atoms with Crippen LogP contribution in [0.5, 0.6) is 0 Å². The molecule has 1 heterocycles. The van der Waals surface area contributed by atoms with E-state index in [1.807, 2.05) is 0 Å². The first-order valence-electron chi connectivity index (χ1n) is 5.69. The van der Waals surface area contributed by atoms with E-state index >= 15 is 0 Å². The second kappa shape index (κ2) is 7.73. The Balaban J connectivity index is 2.16. The Morgan fingerprint density at radius 3 is 2.89 bits per heavy atom. The van der Waals surface area contributed by atoms with E-state index in [0.29, 0.717) is 12.8 Å². The number of rotatable bonds is 5. The molecule has 1 fully saturated rings. The molecule has 5 nitrogen and oxygen atoms in total. The Bertz CT molecular complexity index is 395. The van der Waals surface area contributed by atoms with E-state index < -0.39 is 6.10 Å². The monoisotopic (exact) mass is 252 g/mol. The minimum atomic E-state index is -0.794. The molecule has 98 valence electrons. The molecule has 0 spiro atoms. The van der Waals surface area contributed by atoms with Gasteiger partial charge in [0.2, 0.25) is 0 Å². The van der Waals surface area contributed by atoms with Crippen LogP contribution in [-0.2, 0) is 14.3 Å². The second-order valence-corrected chi connectivity index (χ2v) is 3.80. The molecule has 0 saturated carbocycles. The number of ether oxygens (including phenoxy) is 2. The number of carbonyl (C=O) groups excluding carboxylic acids is 1. The lowest BCUT2D eigenvalue weighted by molar-refractivity contribution is -0.140. The van der Waals surface area contributed by atoms with E-state index in [9.17, 15) is 9.90 Å². The van der Waals surface area contributed by atoms with Gasteiger partial charge in [-0.3, -0.25) is 4.79 Å². The molecule has 1 rings (SSSR count). The van der Waals surface area contributed by atoms with Gasteiger partial charge in [-0.15, -0.1) is 0 Å². The molecule has 0 aromatic heterocycles. The molecule has 5 heteroatoms. The summed E-state index contributed by atoms with van der Waals surface area (Å²) >= 11 is 0. The maximum atomic E-state index is 10.8. The van der Waals surface area contributed by atoms with Crippen molar-refractivity contribution in [2.24, 2.45) is 0 Å². The van der Waals surface area contributed by atoms with Crippen LogP contribution in [0.2, 0.25) is 0 Å². The van der Waals surface area contributed by atoms with Gasteiger partial charge in [0.1, 0.15) is 18.3 Å². The molecule has 2 N–H and O–H groups in total. The highest BCUT2D eigenvalue weighted by Crippen LogP contribution is 2.19. The topological polar surface area (TPSA) is 79.3 Å². The van der Waals surface area contributed by atoms with Gasteiger partial charge in [0.05, 0.1) is 13.7 Å². The number of hydrogen-bond donors (Lipinski definition) is 2. The Labute approximate surface area is 106 Å². The number of methoxy groups -OCH3 is 1. The maximum Gasteiger partial charge on any atom is 0.305 e. The van der Waals surface area contributed by atoms with E-state index in [1.165, 1.54) is 7.11 Å². The van der Waals surface area contributed by atoms with Gasteiger partial charge in [-0.1, -0.05) is 11.8 Å². The van der Waals surface area contributed by atoms with Crippen molar-refractivity contribution in [2.45, 2.75) is 37.6 Å². The zero-order valence-electron chi connectivity index (χ0n) is 10.2. The fraction of sp³-hybridized carbons (Fsp3) is 0.615. The predicted octanol–water partition coefficient (Wildman–Crippen LogP) is -0.543. The Kier molecular flexibility index (Phi) is 6.24. The van der Waals surface area contributed by atoms with Crippen LogP contribution in [-0.4, -0.2) is 48.2 Å². The summed E-state index contributed by atoms with van der Waals surface area (Å²) in [5, 5.41) is 18.1. The van der Waals surface area contributed by atoms with Gasteiger partial charge in [0.15, 0.2) is 0 Å². The Morgan fingerprint density at radius 2 is 2.28 bits per heavy atom. The molecule has 0 amide bonds. The van der Waals surface area contributed by atoms with Crippen molar-refractivity contribution < 1.29 is 24.5 Å². The summed E-state index contributed by atoms with van der Waals surface area (Å²) < 4.78 is 9.44. The van der Waals surface area contributed by atoms with Crippen LogP contribution in [0.4, 0.5) is 0 Å². The minimum absolute atomic E-state index is 0.0388. The highest BCUT2D eigenvalue weighted by molar-refractivity contribution is 5.68. The number of aliphatic hydroxyl groups is 2. The van der Waals surface area contributed by atoms with E-state index in [1.54, 1.807) is 0 Å². The third kappa shape index (κ3) is 5.70. The van der Waals surface area contributed by atoms with Crippen LogP contribution in [0.1, 0.15) is 19.3 Å². The van der Waals surface area contributed by atoms with Gasteiger partial charge >= 0.3 is 5.97 Å². The first-order chi connectivity index (χ1) is 8.67. The quantitative estimate of drug-likeness (QED) is 0.390. The second-order valence-electron chi connectivity index (χ2n) is 3.80. The van der Waals surface area contributed by atoms with Crippen molar-refractivity contribution in [2.75, 3.05) is 13.7 Å². The lowest BCUT2D eigenvalue weighted by atomic mass is 10.1. The van der Waals surface area contributed by atoms with Crippen molar-refractivity contribution in [1.29, 1.82) is 0 Å². The van der Waals surface area contributed by atoms with Crippen LogP contribution in [0.15, 0.2) is 0 Å². The molecule has 1 aliphatic heterocycles. The van der Waals surface area contributed by atoms with Crippen LogP contribution in [0.25, 0.3) is 0 Å². The lowest BCUT2D eigenvalue weighted by Crippen LogP contribution is -2.05. The van der Waals surface area contributed by atoms with Gasteiger partial charge in [-0.25, -0.2) is 0 Å². The maximum absolute atomic E-state index is 10.8. The zero-order chi connectivity index (χ0) is 13.4. The van der Waals surface area contributed by atoms with Crippen molar-refractivity contribution in [3.8, 4) is 23.7 Å². The third-order valence-corrected chi connectivity index (χ3v) is 2.36. The highest BCUT2D eigenvalue weighted by Gasteiger charge is 2.36.